The van der Waals surface area contributed by atoms with Gasteiger partial charge in [0.2, 0.25) is 0 Å². The number of aliphatic hydroxyl groups excluding tert-OH is 1. The second-order valence-electron chi connectivity index (χ2n) is 5.87. The monoisotopic (exact) mass is 248 g/mol. The predicted octanol–water partition coefficient (Wildman–Crippen LogP) is 2.15. The van der Waals surface area contributed by atoms with E-state index < -0.39 is 0 Å². The number of hydrogen-bond donors (Lipinski definition) is 3. The van der Waals surface area contributed by atoms with Crippen molar-refractivity contribution in [2.75, 3.05) is 25.0 Å². The average Bonchev–Trinajstić information content (AvgIpc) is 2.77. The number of hydrogen-bond acceptors (Lipinski definition) is 3. The molecule has 18 heavy (non-hydrogen) atoms. The standard InChI is InChI=1S/C15H24N2O/c1-15(2,7-9-18)11-16-10-13-5-3-4-12-6-8-17-14(12)13/h3-5,16-18H,6-11H2,1-2H3. The Morgan fingerprint density at radius 1 is 1.39 bits per heavy atom. The third kappa shape index (κ3) is 3.24. The van der Waals surface area contributed by atoms with Crippen molar-refractivity contribution in [3.05, 3.63) is 29.3 Å². The van der Waals surface area contributed by atoms with Gasteiger partial charge in [-0.1, -0.05) is 32.0 Å². The minimum atomic E-state index is 0.153. The Balaban J connectivity index is 1.90. The van der Waals surface area contributed by atoms with Crippen LogP contribution in [0.5, 0.6) is 0 Å². The lowest BCUT2D eigenvalue weighted by Gasteiger charge is -2.24. The van der Waals surface area contributed by atoms with Gasteiger partial charge in [-0.3, -0.25) is 0 Å². The molecular formula is C15H24N2O. The zero-order chi connectivity index (χ0) is 13.0. The number of anilines is 1. The van der Waals surface area contributed by atoms with E-state index >= 15 is 0 Å². The Morgan fingerprint density at radius 2 is 2.22 bits per heavy atom. The summed E-state index contributed by atoms with van der Waals surface area (Å²) in [6, 6.07) is 6.53. The highest BCUT2D eigenvalue weighted by Gasteiger charge is 2.17. The molecule has 0 fully saturated rings. The van der Waals surface area contributed by atoms with Crippen LogP contribution in [0.2, 0.25) is 0 Å². The molecule has 3 N–H and O–H groups in total. The van der Waals surface area contributed by atoms with Crippen LogP contribution < -0.4 is 10.6 Å². The topological polar surface area (TPSA) is 44.3 Å². The highest BCUT2D eigenvalue weighted by atomic mass is 16.3. The molecule has 3 heteroatoms. The fourth-order valence-corrected chi connectivity index (χ4v) is 2.48. The Labute approximate surface area is 110 Å². The summed E-state index contributed by atoms with van der Waals surface area (Å²) in [5.41, 5.74) is 4.26. The maximum atomic E-state index is 9.01. The second kappa shape index (κ2) is 5.72. The molecule has 0 aromatic heterocycles. The fraction of sp³-hybridized carbons (Fsp3) is 0.600. The van der Waals surface area contributed by atoms with Crippen LogP contribution in [-0.2, 0) is 13.0 Å². The van der Waals surface area contributed by atoms with E-state index in [1.807, 2.05) is 0 Å². The third-order valence-electron chi connectivity index (χ3n) is 3.64. The van der Waals surface area contributed by atoms with Crippen LogP contribution in [0.3, 0.4) is 0 Å². The number of fused-ring (bicyclic) bond motifs is 1. The van der Waals surface area contributed by atoms with Crippen LogP contribution in [0.1, 0.15) is 31.4 Å². The third-order valence-corrected chi connectivity index (χ3v) is 3.64. The van der Waals surface area contributed by atoms with Gasteiger partial charge in [0, 0.05) is 31.9 Å². The molecular weight excluding hydrogens is 224 g/mol. The normalized spacial score (nSPS) is 14.4. The summed E-state index contributed by atoms with van der Waals surface area (Å²) >= 11 is 0. The van der Waals surface area contributed by atoms with E-state index in [-0.39, 0.29) is 12.0 Å². The smallest absolute Gasteiger partial charge is 0.0436 e. The van der Waals surface area contributed by atoms with Gasteiger partial charge in [-0.05, 0) is 29.4 Å². The van der Waals surface area contributed by atoms with Gasteiger partial charge >= 0.3 is 0 Å². The molecule has 0 amide bonds. The summed E-state index contributed by atoms with van der Waals surface area (Å²) in [6.07, 6.45) is 1.98. The van der Waals surface area contributed by atoms with Crippen molar-refractivity contribution in [3.8, 4) is 0 Å². The first-order chi connectivity index (χ1) is 8.62. The molecule has 1 aromatic carbocycles. The van der Waals surface area contributed by atoms with Gasteiger partial charge in [0.15, 0.2) is 0 Å². The van der Waals surface area contributed by atoms with Gasteiger partial charge in [0.1, 0.15) is 0 Å². The van der Waals surface area contributed by atoms with E-state index in [0.29, 0.717) is 0 Å². The van der Waals surface area contributed by atoms with E-state index in [0.717, 1.165) is 32.5 Å². The molecule has 1 aliphatic heterocycles. The highest BCUT2D eigenvalue weighted by molar-refractivity contribution is 5.61. The van der Waals surface area contributed by atoms with Crippen LogP contribution in [-0.4, -0.2) is 24.8 Å². The molecule has 1 aliphatic rings. The predicted molar refractivity (Wildman–Crippen MR) is 75.8 cm³/mol. The molecule has 0 saturated heterocycles. The van der Waals surface area contributed by atoms with Crippen molar-refractivity contribution in [3.63, 3.8) is 0 Å². The van der Waals surface area contributed by atoms with Crippen molar-refractivity contribution in [1.82, 2.24) is 5.32 Å². The lowest BCUT2D eigenvalue weighted by atomic mass is 9.89. The first-order valence-electron chi connectivity index (χ1n) is 6.79. The van der Waals surface area contributed by atoms with Gasteiger partial charge in [-0.25, -0.2) is 0 Å². The minimum absolute atomic E-state index is 0.153. The number of aliphatic hydroxyl groups is 1. The molecule has 0 radical (unpaired) electrons. The van der Waals surface area contributed by atoms with E-state index in [2.05, 4.69) is 42.7 Å². The van der Waals surface area contributed by atoms with Crippen LogP contribution in [0, 0.1) is 5.41 Å². The maximum Gasteiger partial charge on any atom is 0.0436 e. The Hall–Kier alpha value is -1.06. The molecule has 0 aliphatic carbocycles. The molecule has 3 nitrogen and oxygen atoms in total. The van der Waals surface area contributed by atoms with E-state index in [1.54, 1.807) is 0 Å². The molecule has 0 saturated carbocycles. The molecule has 0 unspecified atom stereocenters. The summed E-state index contributed by atoms with van der Waals surface area (Å²) in [4.78, 5) is 0. The molecule has 100 valence electrons. The first kappa shape index (κ1) is 13.4. The zero-order valence-electron chi connectivity index (χ0n) is 11.4. The quantitative estimate of drug-likeness (QED) is 0.723. The van der Waals surface area contributed by atoms with Crippen molar-refractivity contribution in [2.45, 2.75) is 33.2 Å². The van der Waals surface area contributed by atoms with Crippen LogP contribution in [0.4, 0.5) is 5.69 Å². The number of para-hydroxylation sites is 1. The summed E-state index contributed by atoms with van der Waals surface area (Å²) in [7, 11) is 0. The summed E-state index contributed by atoms with van der Waals surface area (Å²) < 4.78 is 0. The summed E-state index contributed by atoms with van der Waals surface area (Å²) in [6.45, 7) is 7.51. The van der Waals surface area contributed by atoms with Gasteiger partial charge in [-0.15, -0.1) is 0 Å². The number of benzene rings is 1. The van der Waals surface area contributed by atoms with E-state index in [4.69, 9.17) is 5.11 Å². The lowest BCUT2D eigenvalue weighted by Crippen LogP contribution is -2.30. The van der Waals surface area contributed by atoms with Crippen LogP contribution in [0.25, 0.3) is 0 Å². The molecule has 1 aromatic rings. The van der Waals surface area contributed by atoms with Crippen molar-refractivity contribution in [2.24, 2.45) is 5.41 Å². The largest absolute Gasteiger partial charge is 0.396 e. The van der Waals surface area contributed by atoms with Crippen molar-refractivity contribution in [1.29, 1.82) is 0 Å². The van der Waals surface area contributed by atoms with Gasteiger partial charge in [0.25, 0.3) is 0 Å². The SMILES string of the molecule is CC(C)(CCO)CNCc1cccc2c1NCC2. The molecule has 2 rings (SSSR count). The zero-order valence-corrected chi connectivity index (χ0v) is 11.4. The maximum absolute atomic E-state index is 9.01. The van der Waals surface area contributed by atoms with Gasteiger partial charge < -0.3 is 15.7 Å². The summed E-state index contributed by atoms with van der Waals surface area (Å²) in [5.74, 6) is 0. The Bertz CT molecular complexity index is 401. The number of nitrogens with one attached hydrogen (secondary N) is 2. The van der Waals surface area contributed by atoms with E-state index in [1.165, 1.54) is 16.8 Å². The molecule has 0 bridgehead atoms. The molecule has 0 spiro atoms. The first-order valence-corrected chi connectivity index (χ1v) is 6.79. The minimum Gasteiger partial charge on any atom is -0.396 e. The summed E-state index contributed by atoms with van der Waals surface area (Å²) in [5, 5.41) is 16.0. The van der Waals surface area contributed by atoms with Crippen LogP contribution in [0.15, 0.2) is 18.2 Å². The Morgan fingerprint density at radius 3 is 3.00 bits per heavy atom. The molecule has 0 atom stereocenters. The second-order valence-corrected chi connectivity index (χ2v) is 5.87. The van der Waals surface area contributed by atoms with E-state index in [9.17, 15) is 0 Å². The fourth-order valence-electron chi connectivity index (χ4n) is 2.48. The highest BCUT2D eigenvalue weighted by Crippen LogP contribution is 2.26. The van der Waals surface area contributed by atoms with Gasteiger partial charge in [0.05, 0.1) is 0 Å². The van der Waals surface area contributed by atoms with Crippen molar-refractivity contribution < 1.29 is 5.11 Å². The van der Waals surface area contributed by atoms with Crippen molar-refractivity contribution >= 4 is 5.69 Å². The Kier molecular flexibility index (Phi) is 4.25. The van der Waals surface area contributed by atoms with Gasteiger partial charge in [-0.2, -0.15) is 0 Å². The average molecular weight is 248 g/mol. The molecule has 1 heterocycles. The lowest BCUT2D eigenvalue weighted by molar-refractivity contribution is 0.207. The number of rotatable bonds is 6. The van der Waals surface area contributed by atoms with Crippen LogP contribution >= 0.6 is 0 Å².